The minimum Gasteiger partial charge on any atom is -0.478 e. The number of piperidine rings is 1. The largest absolute Gasteiger partial charge is 0.478 e. The topological polar surface area (TPSA) is 66.6 Å². The van der Waals surface area contributed by atoms with E-state index in [-0.39, 0.29) is 5.56 Å². The van der Waals surface area contributed by atoms with Gasteiger partial charge >= 0.3 is 5.97 Å². The lowest BCUT2D eigenvalue weighted by molar-refractivity contribution is 0.0699. The molecule has 1 aromatic carbocycles. The molecule has 5 heteroatoms. The van der Waals surface area contributed by atoms with E-state index in [1.54, 1.807) is 18.2 Å². The number of anilines is 1. The first kappa shape index (κ1) is 11.1. The quantitative estimate of drug-likeness (QED) is 0.881. The molecule has 0 saturated carbocycles. The number of hydrogen-bond acceptors (Lipinski definition) is 4. The van der Waals surface area contributed by atoms with Crippen LogP contribution in [-0.4, -0.2) is 29.1 Å². The number of para-hydroxylation sites is 1. The van der Waals surface area contributed by atoms with E-state index in [9.17, 15) is 4.79 Å². The molecule has 1 aliphatic rings. The summed E-state index contributed by atoms with van der Waals surface area (Å²) in [6.45, 7) is 1.85. The summed E-state index contributed by atoms with van der Waals surface area (Å²) in [5.41, 5.74) is 1.17. The predicted molar refractivity (Wildman–Crippen MR) is 67.0 cm³/mol. The molecule has 0 atom stereocenters. The van der Waals surface area contributed by atoms with Gasteiger partial charge in [-0.15, -0.1) is 0 Å². The Hall–Kier alpha value is -2.04. The van der Waals surface area contributed by atoms with Crippen LogP contribution < -0.4 is 4.90 Å². The van der Waals surface area contributed by atoms with Crippen molar-refractivity contribution in [3.05, 3.63) is 23.8 Å². The second-order valence-corrected chi connectivity index (χ2v) is 4.50. The third-order valence-corrected chi connectivity index (χ3v) is 3.26. The summed E-state index contributed by atoms with van der Waals surface area (Å²) in [6.07, 6.45) is 3.49. The maximum atomic E-state index is 11.1. The lowest BCUT2D eigenvalue weighted by Crippen LogP contribution is -2.29. The molecule has 1 saturated heterocycles. The van der Waals surface area contributed by atoms with Gasteiger partial charge in [0.15, 0.2) is 5.58 Å². The Morgan fingerprint density at radius 1 is 1.28 bits per heavy atom. The summed E-state index contributed by atoms with van der Waals surface area (Å²) in [5, 5.41) is 9.11. The van der Waals surface area contributed by atoms with E-state index in [2.05, 4.69) is 9.88 Å². The van der Waals surface area contributed by atoms with E-state index < -0.39 is 5.97 Å². The van der Waals surface area contributed by atoms with Crippen LogP contribution in [0.25, 0.3) is 11.1 Å². The van der Waals surface area contributed by atoms with Gasteiger partial charge in [-0.2, -0.15) is 4.98 Å². The zero-order valence-electron chi connectivity index (χ0n) is 9.93. The number of rotatable bonds is 2. The Morgan fingerprint density at radius 3 is 2.78 bits per heavy atom. The van der Waals surface area contributed by atoms with Crippen molar-refractivity contribution in [3.8, 4) is 0 Å². The summed E-state index contributed by atoms with van der Waals surface area (Å²) >= 11 is 0. The van der Waals surface area contributed by atoms with Crippen LogP contribution in [0.2, 0.25) is 0 Å². The van der Waals surface area contributed by atoms with Crippen molar-refractivity contribution in [2.24, 2.45) is 0 Å². The molecule has 18 heavy (non-hydrogen) atoms. The second kappa shape index (κ2) is 4.33. The van der Waals surface area contributed by atoms with Crippen LogP contribution in [0.4, 0.5) is 6.01 Å². The standard InChI is InChI=1S/C13H14N2O3/c16-12(17)9-5-4-6-10-11(9)14-13(18-10)15-7-2-1-3-8-15/h4-6H,1-3,7-8H2,(H,16,17). The van der Waals surface area contributed by atoms with Gasteiger partial charge in [0, 0.05) is 13.1 Å². The van der Waals surface area contributed by atoms with E-state index in [1.807, 2.05) is 0 Å². The summed E-state index contributed by atoms with van der Waals surface area (Å²) in [6, 6.07) is 5.52. The fraction of sp³-hybridized carbons (Fsp3) is 0.385. The van der Waals surface area contributed by atoms with E-state index >= 15 is 0 Å². The number of aromatic nitrogens is 1. The van der Waals surface area contributed by atoms with Crippen molar-refractivity contribution in [2.75, 3.05) is 18.0 Å². The first-order chi connectivity index (χ1) is 8.75. The smallest absolute Gasteiger partial charge is 0.338 e. The number of oxazole rings is 1. The summed E-state index contributed by atoms with van der Waals surface area (Å²) < 4.78 is 5.65. The average Bonchev–Trinajstić information content (AvgIpc) is 2.83. The molecule has 3 rings (SSSR count). The lowest BCUT2D eigenvalue weighted by Gasteiger charge is -2.24. The molecule has 0 spiro atoms. The molecule has 94 valence electrons. The van der Waals surface area contributed by atoms with Crippen LogP contribution in [0.1, 0.15) is 29.6 Å². The summed E-state index contributed by atoms with van der Waals surface area (Å²) in [7, 11) is 0. The molecule has 1 N–H and O–H groups in total. The number of aromatic carboxylic acids is 1. The van der Waals surface area contributed by atoms with Crippen molar-refractivity contribution in [3.63, 3.8) is 0 Å². The minimum atomic E-state index is -0.973. The maximum Gasteiger partial charge on any atom is 0.338 e. The van der Waals surface area contributed by atoms with E-state index in [1.165, 1.54) is 6.42 Å². The van der Waals surface area contributed by atoms with Crippen LogP contribution in [0, 0.1) is 0 Å². The van der Waals surface area contributed by atoms with Gasteiger partial charge in [-0.05, 0) is 31.4 Å². The number of benzene rings is 1. The van der Waals surface area contributed by atoms with E-state index in [4.69, 9.17) is 9.52 Å². The van der Waals surface area contributed by atoms with Crippen LogP contribution in [0.15, 0.2) is 22.6 Å². The van der Waals surface area contributed by atoms with Gasteiger partial charge in [-0.1, -0.05) is 6.07 Å². The monoisotopic (exact) mass is 246 g/mol. The van der Waals surface area contributed by atoms with Crippen LogP contribution in [0.3, 0.4) is 0 Å². The van der Waals surface area contributed by atoms with Crippen molar-refractivity contribution < 1.29 is 14.3 Å². The summed E-state index contributed by atoms with van der Waals surface area (Å²) in [5.74, 6) is -0.973. The molecular formula is C13H14N2O3. The van der Waals surface area contributed by atoms with Crippen molar-refractivity contribution in [1.29, 1.82) is 0 Å². The van der Waals surface area contributed by atoms with E-state index in [0.717, 1.165) is 25.9 Å². The van der Waals surface area contributed by atoms with Crippen molar-refractivity contribution in [2.45, 2.75) is 19.3 Å². The van der Waals surface area contributed by atoms with Crippen LogP contribution in [-0.2, 0) is 0 Å². The molecule has 1 aromatic heterocycles. The lowest BCUT2D eigenvalue weighted by atomic mass is 10.1. The van der Waals surface area contributed by atoms with Gasteiger partial charge in [0.2, 0.25) is 0 Å². The Bertz CT molecular complexity index is 585. The number of hydrogen-bond donors (Lipinski definition) is 1. The SMILES string of the molecule is O=C(O)c1cccc2oc(N3CCCCC3)nc12. The average molecular weight is 246 g/mol. The van der Waals surface area contributed by atoms with Gasteiger partial charge in [0.1, 0.15) is 5.52 Å². The number of carbonyl (C=O) groups is 1. The molecule has 0 bridgehead atoms. The minimum absolute atomic E-state index is 0.194. The highest BCUT2D eigenvalue weighted by molar-refractivity contribution is 6.00. The molecule has 2 aromatic rings. The van der Waals surface area contributed by atoms with Gasteiger partial charge in [0.05, 0.1) is 5.56 Å². The maximum absolute atomic E-state index is 11.1. The zero-order chi connectivity index (χ0) is 12.5. The van der Waals surface area contributed by atoms with Gasteiger partial charge < -0.3 is 14.4 Å². The molecule has 1 fully saturated rings. The highest BCUT2D eigenvalue weighted by Crippen LogP contribution is 2.26. The highest BCUT2D eigenvalue weighted by Gasteiger charge is 2.19. The van der Waals surface area contributed by atoms with Crippen LogP contribution in [0.5, 0.6) is 0 Å². The number of carboxylic acids is 1. The molecule has 0 unspecified atom stereocenters. The third-order valence-electron chi connectivity index (χ3n) is 3.26. The fourth-order valence-electron chi connectivity index (χ4n) is 2.33. The normalized spacial score (nSPS) is 16.1. The van der Waals surface area contributed by atoms with Gasteiger partial charge in [-0.3, -0.25) is 0 Å². The molecular weight excluding hydrogens is 232 g/mol. The molecule has 1 aliphatic heterocycles. The Labute approximate surface area is 104 Å². The molecule has 5 nitrogen and oxygen atoms in total. The third kappa shape index (κ3) is 1.81. The Morgan fingerprint density at radius 2 is 2.06 bits per heavy atom. The molecule has 2 heterocycles. The molecule has 0 aliphatic carbocycles. The first-order valence-electron chi connectivity index (χ1n) is 6.13. The van der Waals surface area contributed by atoms with Gasteiger partial charge in [0.25, 0.3) is 6.01 Å². The Balaban J connectivity index is 2.04. The first-order valence-corrected chi connectivity index (χ1v) is 6.13. The number of fused-ring (bicyclic) bond motifs is 1. The molecule has 0 radical (unpaired) electrons. The highest BCUT2D eigenvalue weighted by atomic mass is 16.4. The van der Waals surface area contributed by atoms with Crippen molar-refractivity contribution in [1.82, 2.24) is 4.98 Å². The summed E-state index contributed by atoms with van der Waals surface area (Å²) in [4.78, 5) is 17.5. The Kier molecular flexibility index (Phi) is 2.66. The van der Waals surface area contributed by atoms with Crippen molar-refractivity contribution >= 4 is 23.1 Å². The fourth-order valence-corrected chi connectivity index (χ4v) is 2.33. The van der Waals surface area contributed by atoms with E-state index in [0.29, 0.717) is 17.1 Å². The number of nitrogens with zero attached hydrogens (tertiary/aromatic N) is 2. The van der Waals surface area contributed by atoms with Crippen LogP contribution >= 0.6 is 0 Å². The molecule has 0 amide bonds. The van der Waals surface area contributed by atoms with Gasteiger partial charge in [-0.25, -0.2) is 4.79 Å². The zero-order valence-corrected chi connectivity index (χ0v) is 9.93. The number of carboxylic acid groups (broad SMARTS) is 1. The second-order valence-electron chi connectivity index (χ2n) is 4.50. The predicted octanol–water partition coefficient (Wildman–Crippen LogP) is 2.52.